The summed E-state index contributed by atoms with van der Waals surface area (Å²) in [5.74, 6) is -0.0929. The Kier molecular flexibility index (Phi) is 19.2. The van der Waals surface area contributed by atoms with E-state index in [0.29, 0.717) is 6.42 Å². The van der Waals surface area contributed by atoms with E-state index < -0.39 is 12.1 Å². The van der Waals surface area contributed by atoms with Crippen molar-refractivity contribution < 1.29 is 15.0 Å². The van der Waals surface area contributed by atoms with Crippen LogP contribution in [0.3, 0.4) is 0 Å². The molecule has 0 aliphatic carbocycles. The summed E-state index contributed by atoms with van der Waals surface area (Å²) in [6.45, 7) is 4.10. The quantitative estimate of drug-likeness (QED) is 0.210. The molecule has 3 N–H and O–H groups in total. The Bertz CT molecular complexity index is 358. The third kappa shape index (κ3) is 17.0. The molecule has 4 nitrogen and oxygen atoms in total. The van der Waals surface area contributed by atoms with Gasteiger partial charge in [-0.05, 0) is 19.3 Å². The molecule has 0 fully saturated rings. The van der Waals surface area contributed by atoms with Gasteiger partial charge in [-0.25, -0.2) is 0 Å². The minimum absolute atomic E-state index is 0.0929. The molecule has 0 aromatic carbocycles. The fraction of sp³-hybridized carbons (Fsp3) is 0.870. The zero-order valence-corrected chi connectivity index (χ0v) is 17.9. The number of nitrogens with one attached hydrogen (secondary N) is 1. The van der Waals surface area contributed by atoms with Crippen molar-refractivity contribution in [3.8, 4) is 0 Å². The Morgan fingerprint density at radius 1 is 0.852 bits per heavy atom. The van der Waals surface area contributed by atoms with E-state index >= 15 is 0 Å². The van der Waals surface area contributed by atoms with E-state index in [9.17, 15) is 15.0 Å². The summed E-state index contributed by atoms with van der Waals surface area (Å²) < 4.78 is 0. The molecule has 27 heavy (non-hydrogen) atoms. The average molecular weight is 384 g/mol. The van der Waals surface area contributed by atoms with Crippen LogP contribution in [-0.2, 0) is 4.79 Å². The number of allylic oxidation sites excluding steroid dienone is 1. The lowest BCUT2D eigenvalue weighted by atomic mass is 10.1. The summed E-state index contributed by atoms with van der Waals surface area (Å²) in [4.78, 5) is 11.8. The zero-order chi connectivity index (χ0) is 20.2. The van der Waals surface area contributed by atoms with Crippen molar-refractivity contribution in [1.29, 1.82) is 0 Å². The van der Waals surface area contributed by atoms with E-state index in [1.165, 1.54) is 57.8 Å². The molecular formula is C23H45NO3. The summed E-state index contributed by atoms with van der Waals surface area (Å²) in [6.07, 6.45) is 20.4. The van der Waals surface area contributed by atoms with E-state index in [1.807, 2.05) is 6.08 Å². The highest BCUT2D eigenvalue weighted by molar-refractivity contribution is 5.76. The molecular weight excluding hydrogens is 338 g/mol. The Morgan fingerprint density at radius 2 is 1.37 bits per heavy atom. The Labute approximate surface area is 167 Å². The smallest absolute Gasteiger partial charge is 0.220 e. The van der Waals surface area contributed by atoms with Crippen molar-refractivity contribution in [2.24, 2.45) is 0 Å². The molecule has 0 aromatic rings. The second-order valence-corrected chi connectivity index (χ2v) is 7.70. The minimum Gasteiger partial charge on any atom is -0.394 e. The highest BCUT2D eigenvalue weighted by Gasteiger charge is 2.17. The normalized spacial score (nSPS) is 13.8. The van der Waals surface area contributed by atoms with Crippen molar-refractivity contribution >= 4 is 5.91 Å². The van der Waals surface area contributed by atoms with Crippen LogP contribution >= 0.6 is 0 Å². The molecule has 160 valence electrons. The fourth-order valence-corrected chi connectivity index (χ4v) is 3.17. The lowest BCUT2D eigenvalue weighted by molar-refractivity contribution is -0.123. The molecule has 0 heterocycles. The van der Waals surface area contributed by atoms with E-state index in [1.54, 1.807) is 6.08 Å². The molecule has 0 radical (unpaired) electrons. The van der Waals surface area contributed by atoms with Crippen LogP contribution < -0.4 is 5.32 Å². The standard InChI is InChI=1S/C23H45NO3/c1-3-5-7-8-9-10-11-12-13-14-15-17-18-22(26)21(20-25)24-23(27)19-16-6-4-2/h17-18,21-22,25-26H,3-16,19-20H2,1-2H3,(H,24,27). The molecule has 0 aliphatic rings. The van der Waals surface area contributed by atoms with E-state index in [0.717, 1.165) is 32.1 Å². The first kappa shape index (κ1) is 26.1. The number of rotatable bonds is 19. The van der Waals surface area contributed by atoms with Gasteiger partial charge in [0.25, 0.3) is 0 Å². The first-order valence-electron chi connectivity index (χ1n) is 11.4. The highest BCUT2D eigenvalue weighted by Crippen LogP contribution is 2.11. The molecule has 1 amide bonds. The number of carbonyl (C=O) groups is 1. The fourth-order valence-electron chi connectivity index (χ4n) is 3.17. The maximum Gasteiger partial charge on any atom is 0.220 e. The summed E-state index contributed by atoms with van der Waals surface area (Å²) in [7, 11) is 0. The predicted octanol–water partition coefficient (Wildman–Crippen LogP) is 5.27. The molecule has 2 atom stereocenters. The van der Waals surface area contributed by atoms with Crippen LogP contribution in [-0.4, -0.2) is 34.9 Å². The van der Waals surface area contributed by atoms with E-state index in [-0.39, 0.29) is 12.5 Å². The van der Waals surface area contributed by atoms with Gasteiger partial charge in [0.2, 0.25) is 5.91 Å². The lowest BCUT2D eigenvalue weighted by Gasteiger charge is -2.19. The molecule has 0 saturated carbocycles. The van der Waals surface area contributed by atoms with Crippen molar-refractivity contribution in [3.63, 3.8) is 0 Å². The maximum absolute atomic E-state index is 11.8. The second-order valence-electron chi connectivity index (χ2n) is 7.70. The molecule has 0 rings (SSSR count). The van der Waals surface area contributed by atoms with E-state index in [4.69, 9.17) is 0 Å². The summed E-state index contributed by atoms with van der Waals surface area (Å²) in [5, 5.41) is 22.3. The van der Waals surface area contributed by atoms with Gasteiger partial charge in [-0.1, -0.05) is 96.6 Å². The van der Waals surface area contributed by atoms with Crippen LogP contribution in [0, 0.1) is 0 Å². The van der Waals surface area contributed by atoms with Gasteiger partial charge >= 0.3 is 0 Å². The molecule has 0 aliphatic heterocycles. The third-order valence-electron chi connectivity index (χ3n) is 5.02. The van der Waals surface area contributed by atoms with Crippen molar-refractivity contribution in [2.75, 3.05) is 6.61 Å². The lowest BCUT2D eigenvalue weighted by Crippen LogP contribution is -2.45. The molecule has 0 saturated heterocycles. The van der Waals surface area contributed by atoms with Crippen LogP contribution in [0.2, 0.25) is 0 Å². The van der Waals surface area contributed by atoms with Crippen LogP contribution in [0.4, 0.5) is 0 Å². The largest absolute Gasteiger partial charge is 0.394 e. The van der Waals surface area contributed by atoms with Gasteiger partial charge in [-0.15, -0.1) is 0 Å². The van der Waals surface area contributed by atoms with Crippen LogP contribution in [0.1, 0.15) is 110 Å². The minimum atomic E-state index is -0.826. The number of unbranched alkanes of at least 4 members (excludes halogenated alkanes) is 12. The number of hydrogen-bond acceptors (Lipinski definition) is 3. The van der Waals surface area contributed by atoms with Gasteiger partial charge in [-0.2, -0.15) is 0 Å². The number of aliphatic hydroxyl groups excluding tert-OH is 2. The molecule has 0 spiro atoms. The topological polar surface area (TPSA) is 69.6 Å². The number of hydrogen-bond donors (Lipinski definition) is 3. The summed E-state index contributed by atoms with van der Waals surface area (Å²) >= 11 is 0. The van der Waals surface area contributed by atoms with Gasteiger partial charge in [-0.3, -0.25) is 4.79 Å². The molecule has 0 bridgehead atoms. The molecule has 0 aromatic heterocycles. The van der Waals surface area contributed by atoms with Crippen LogP contribution in [0.25, 0.3) is 0 Å². The Morgan fingerprint density at radius 3 is 1.93 bits per heavy atom. The summed E-state index contributed by atoms with van der Waals surface area (Å²) in [6, 6.07) is -0.608. The molecule has 4 heteroatoms. The monoisotopic (exact) mass is 383 g/mol. The SMILES string of the molecule is CCCCCCCCCCCCC=CC(O)C(CO)NC(=O)CCCCC. The zero-order valence-electron chi connectivity index (χ0n) is 17.9. The van der Waals surface area contributed by atoms with Crippen molar-refractivity contribution in [1.82, 2.24) is 5.32 Å². The molecule has 2 unspecified atom stereocenters. The first-order chi connectivity index (χ1) is 13.2. The number of aliphatic hydroxyl groups is 2. The van der Waals surface area contributed by atoms with Gasteiger partial charge in [0.1, 0.15) is 0 Å². The van der Waals surface area contributed by atoms with Crippen molar-refractivity contribution in [2.45, 2.75) is 122 Å². The second kappa shape index (κ2) is 19.9. The van der Waals surface area contributed by atoms with Gasteiger partial charge in [0.15, 0.2) is 0 Å². The number of carbonyl (C=O) groups excluding carboxylic acids is 1. The van der Waals surface area contributed by atoms with Crippen LogP contribution in [0.15, 0.2) is 12.2 Å². The third-order valence-corrected chi connectivity index (χ3v) is 5.02. The first-order valence-corrected chi connectivity index (χ1v) is 11.4. The maximum atomic E-state index is 11.8. The Balaban J connectivity index is 3.70. The van der Waals surface area contributed by atoms with Crippen LogP contribution in [0.5, 0.6) is 0 Å². The van der Waals surface area contributed by atoms with Crippen molar-refractivity contribution in [3.05, 3.63) is 12.2 Å². The van der Waals surface area contributed by atoms with Gasteiger partial charge < -0.3 is 15.5 Å². The van der Waals surface area contributed by atoms with Gasteiger partial charge in [0, 0.05) is 6.42 Å². The predicted molar refractivity (Wildman–Crippen MR) is 115 cm³/mol. The average Bonchev–Trinajstić information content (AvgIpc) is 2.67. The Hall–Kier alpha value is -0.870. The van der Waals surface area contributed by atoms with E-state index in [2.05, 4.69) is 19.2 Å². The summed E-state index contributed by atoms with van der Waals surface area (Å²) in [5.41, 5.74) is 0. The number of amides is 1. The highest BCUT2D eigenvalue weighted by atomic mass is 16.3. The van der Waals surface area contributed by atoms with Gasteiger partial charge in [0.05, 0.1) is 18.8 Å².